The standard InChI is InChI=1S/C28H22BrFN2O7S/c1-2-36-23-10-17(9-20(29)26(23)37-14-16-3-5-18(30)6-4-16)11-24-27(34)32(28(35)40-24)13-25(33)31-19-7-8-21-22(12-19)39-15-38-21/h3-12H,2,13-15H2,1H3,(H,31,33)/b24-11-. The number of carbonyl (C=O) groups excluding carboxylic acids is 3. The highest BCUT2D eigenvalue weighted by atomic mass is 79.9. The zero-order chi connectivity index (χ0) is 28.2. The molecule has 12 heteroatoms. The number of rotatable bonds is 9. The molecule has 2 heterocycles. The third kappa shape index (κ3) is 6.23. The van der Waals surface area contributed by atoms with Gasteiger partial charge in [0.05, 0.1) is 16.0 Å². The Hall–Kier alpha value is -4.03. The Bertz CT molecular complexity index is 1510. The summed E-state index contributed by atoms with van der Waals surface area (Å²) < 4.78 is 36.0. The van der Waals surface area contributed by atoms with Crippen LogP contribution in [0.1, 0.15) is 18.1 Å². The molecule has 0 aromatic heterocycles. The molecule has 5 rings (SSSR count). The summed E-state index contributed by atoms with van der Waals surface area (Å²) in [7, 11) is 0. The number of nitrogens with zero attached hydrogens (tertiary/aromatic N) is 1. The van der Waals surface area contributed by atoms with Gasteiger partial charge in [0.2, 0.25) is 12.7 Å². The number of hydrogen-bond donors (Lipinski definition) is 1. The highest BCUT2D eigenvalue weighted by molar-refractivity contribution is 9.10. The first-order valence-electron chi connectivity index (χ1n) is 12.1. The highest BCUT2D eigenvalue weighted by Crippen LogP contribution is 2.40. The predicted octanol–water partition coefficient (Wildman–Crippen LogP) is 5.97. The molecule has 9 nitrogen and oxygen atoms in total. The van der Waals surface area contributed by atoms with Crippen molar-refractivity contribution in [3.05, 3.63) is 80.9 Å². The van der Waals surface area contributed by atoms with E-state index in [-0.39, 0.29) is 24.1 Å². The quantitative estimate of drug-likeness (QED) is 0.289. The van der Waals surface area contributed by atoms with E-state index < -0.39 is 23.6 Å². The molecule has 0 atom stereocenters. The van der Waals surface area contributed by atoms with Crippen molar-refractivity contribution in [1.29, 1.82) is 0 Å². The Balaban J connectivity index is 1.28. The van der Waals surface area contributed by atoms with Crippen LogP contribution in [-0.2, 0) is 16.2 Å². The maximum atomic E-state index is 13.2. The van der Waals surface area contributed by atoms with E-state index in [0.29, 0.717) is 45.3 Å². The Morgan fingerprint density at radius 2 is 1.88 bits per heavy atom. The average Bonchev–Trinajstić information content (AvgIpc) is 3.49. The lowest BCUT2D eigenvalue weighted by Crippen LogP contribution is -2.36. The molecule has 0 bridgehead atoms. The van der Waals surface area contributed by atoms with Crippen LogP contribution in [0.25, 0.3) is 6.08 Å². The van der Waals surface area contributed by atoms with Crippen molar-refractivity contribution < 1.29 is 37.7 Å². The first-order chi connectivity index (χ1) is 19.3. The fourth-order valence-electron chi connectivity index (χ4n) is 3.92. The SMILES string of the molecule is CCOc1cc(/C=C2\SC(=O)N(CC(=O)Nc3ccc4c(c3)OCO4)C2=O)cc(Br)c1OCc1ccc(F)cc1. The Kier molecular flexibility index (Phi) is 8.27. The molecule has 3 aromatic rings. The summed E-state index contributed by atoms with van der Waals surface area (Å²) in [6, 6.07) is 14.3. The summed E-state index contributed by atoms with van der Waals surface area (Å²) in [5.74, 6) is 0.480. The van der Waals surface area contributed by atoms with Gasteiger partial charge in [-0.1, -0.05) is 12.1 Å². The molecule has 2 aliphatic heterocycles. The second-order valence-corrected chi connectivity index (χ2v) is 10.4. The number of amides is 3. The van der Waals surface area contributed by atoms with Crippen molar-refractivity contribution in [2.24, 2.45) is 0 Å². The van der Waals surface area contributed by atoms with Gasteiger partial charge < -0.3 is 24.3 Å². The molecule has 2 aliphatic rings. The largest absolute Gasteiger partial charge is 0.490 e. The molecule has 0 saturated carbocycles. The molecule has 40 heavy (non-hydrogen) atoms. The number of anilines is 1. The van der Waals surface area contributed by atoms with Crippen molar-refractivity contribution in [1.82, 2.24) is 4.90 Å². The molecule has 3 aromatic carbocycles. The van der Waals surface area contributed by atoms with Crippen LogP contribution in [0, 0.1) is 5.82 Å². The minimum atomic E-state index is -0.582. The second-order valence-electron chi connectivity index (χ2n) is 8.56. The van der Waals surface area contributed by atoms with Crippen LogP contribution in [0.15, 0.2) is 64.0 Å². The number of halogens is 2. The van der Waals surface area contributed by atoms with Crippen molar-refractivity contribution in [3.63, 3.8) is 0 Å². The minimum Gasteiger partial charge on any atom is -0.490 e. The number of benzene rings is 3. The van der Waals surface area contributed by atoms with Gasteiger partial charge in [0.25, 0.3) is 11.1 Å². The van der Waals surface area contributed by atoms with Crippen LogP contribution in [0.5, 0.6) is 23.0 Å². The van der Waals surface area contributed by atoms with Crippen LogP contribution in [0.3, 0.4) is 0 Å². The number of carbonyl (C=O) groups is 3. The van der Waals surface area contributed by atoms with Crippen molar-refractivity contribution in [2.75, 3.05) is 25.3 Å². The maximum absolute atomic E-state index is 13.2. The molecule has 0 radical (unpaired) electrons. The summed E-state index contributed by atoms with van der Waals surface area (Å²) >= 11 is 4.23. The molecular formula is C28H22BrFN2O7S. The van der Waals surface area contributed by atoms with Gasteiger partial charge in [0, 0.05) is 11.8 Å². The monoisotopic (exact) mass is 628 g/mol. The number of thioether (sulfide) groups is 1. The molecule has 3 amide bonds. The average molecular weight is 629 g/mol. The topological polar surface area (TPSA) is 103 Å². The van der Waals surface area contributed by atoms with Gasteiger partial charge in [0.15, 0.2) is 23.0 Å². The Morgan fingerprint density at radius 3 is 2.65 bits per heavy atom. The van der Waals surface area contributed by atoms with Gasteiger partial charge >= 0.3 is 0 Å². The van der Waals surface area contributed by atoms with E-state index in [2.05, 4.69) is 21.2 Å². The maximum Gasteiger partial charge on any atom is 0.294 e. The van der Waals surface area contributed by atoms with E-state index in [9.17, 15) is 18.8 Å². The van der Waals surface area contributed by atoms with Gasteiger partial charge in [-0.2, -0.15) is 0 Å². The fraction of sp³-hybridized carbons (Fsp3) is 0.179. The summed E-state index contributed by atoms with van der Waals surface area (Å²) in [5.41, 5.74) is 1.81. The van der Waals surface area contributed by atoms with Crippen LogP contribution in [0.4, 0.5) is 14.9 Å². The fourth-order valence-corrected chi connectivity index (χ4v) is 5.33. The summed E-state index contributed by atoms with van der Waals surface area (Å²) in [5, 5.41) is 2.11. The molecule has 1 N–H and O–H groups in total. The van der Waals surface area contributed by atoms with Gasteiger partial charge in [-0.25, -0.2) is 4.39 Å². The molecule has 0 unspecified atom stereocenters. The van der Waals surface area contributed by atoms with Crippen molar-refractivity contribution >= 4 is 56.5 Å². The van der Waals surface area contributed by atoms with E-state index in [1.165, 1.54) is 12.1 Å². The van der Waals surface area contributed by atoms with E-state index in [4.69, 9.17) is 18.9 Å². The van der Waals surface area contributed by atoms with Gasteiger partial charge in [0.1, 0.15) is 19.0 Å². The van der Waals surface area contributed by atoms with Crippen LogP contribution < -0.4 is 24.3 Å². The lowest BCUT2D eigenvalue weighted by Gasteiger charge is -2.15. The smallest absolute Gasteiger partial charge is 0.294 e. The molecular weight excluding hydrogens is 607 g/mol. The van der Waals surface area contributed by atoms with Crippen LogP contribution in [-0.4, -0.2) is 41.9 Å². The lowest BCUT2D eigenvalue weighted by atomic mass is 10.1. The Labute approximate surface area is 241 Å². The zero-order valence-corrected chi connectivity index (χ0v) is 23.5. The van der Waals surface area contributed by atoms with E-state index in [1.807, 2.05) is 6.92 Å². The second kappa shape index (κ2) is 12.0. The van der Waals surface area contributed by atoms with E-state index >= 15 is 0 Å². The summed E-state index contributed by atoms with van der Waals surface area (Å²) in [6.45, 7) is 2.03. The number of hydrogen-bond acceptors (Lipinski definition) is 8. The molecule has 0 spiro atoms. The van der Waals surface area contributed by atoms with Crippen molar-refractivity contribution in [3.8, 4) is 23.0 Å². The number of ether oxygens (including phenoxy) is 4. The van der Waals surface area contributed by atoms with Gasteiger partial charge in [-0.05, 0) is 88.2 Å². The number of imide groups is 1. The normalized spacial score (nSPS) is 15.1. The van der Waals surface area contributed by atoms with Crippen molar-refractivity contribution in [2.45, 2.75) is 13.5 Å². The third-order valence-corrected chi connectivity index (χ3v) is 7.25. The van der Waals surface area contributed by atoms with Crippen LogP contribution >= 0.6 is 27.7 Å². The zero-order valence-electron chi connectivity index (χ0n) is 21.1. The molecule has 1 saturated heterocycles. The predicted molar refractivity (Wildman–Crippen MR) is 150 cm³/mol. The third-order valence-electron chi connectivity index (χ3n) is 5.76. The summed E-state index contributed by atoms with van der Waals surface area (Å²) in [4.78, 5) is 39.2. The van der Waals surface area contributed by atoms with E-state index in [1.54, 1.807) is 48.5 Å². The molecule has 1 fully saturated rings. The molecule has 0 aliphatic carbocycles. The lowest BCUT2D eigenvalue weighted by molar-refractivity contribution is -0.127. The Morgan fingerprint density at radius 1 is 1.10 bits per heavy atom. The first-order valence-corrected chi connectivity index (χ1v) is 13.7. The minimum absolute atomic E-state index is 0.101. The van der Waals surface area contributed by atoms with E-state index in [0.717, 1.165) is 22.2 Å². The summed E-state index contributed by atoms with van der Waals surface area (Å²) in [6.07, 6.45) is 1.55. The number of fused-ring (bicyclic) bond motifs is 1. The van der Waals surface area contributed by atoms with Gasteiger partial charge in [-0.3, -0.25) is 19.3 Å². The van der Waals surface area contributed by atoms with Crippen LogP contribution in [0.2, 0.25) is 0 Å². The molecule has 206 valence electrons. The highest BCUT2D eigenvalue weighted by Gasteiger charge is 2.36. The number of nitrogens with one attached hydrogen (secondary N) is 1. The first kappa shape index (κ1) is 27.5. The van der Waals surface area contributed by atoms with Gasteiger partial charge in [-0.15, -0.1) is 0 Å².